The summed E-state index contributed by atoms with van der Waals surface area (Å²) in [5.41, 5.74) is 2.86. The van der Waals surface area contributed by atoms with Crippen molar-refractivity contribution in [1.82, 2.24) is 4.98 Å². The van der Waals surface area contributed by atoms with Crippen molar-refractivity contribution < 1.29 is 17.9 Å². The highest BCUT2D eigenvalue weighted by molar-refractivity contribution is 9.10. The van der Waals surface area contributed by atoms with Crippen LogP contribution < -0.4 is 5.73 Å². The van der Waals surface area contributed by atoms with E-state index in [2.05, 4.69) is 25.9 Å². The van der Waals surface area contributed by atoms with E-state index in [-0.39, 0.29) is 4.60 Å². The van der Waals surface area contributed by atoms with Crippen molar-refractivity contribution in [3.8, 4) is 0 Å². The van der Waals surface area contributed by atoms with Gasteiger partial charge in [-0.25, -0.2) is 23.1 Å². The Balaban J connectivity index is 2.72. The molecule has 0 aliphatic carbocycles. The molecule has 0 bridgehead atoms. The maximum atomic E-state index is 14.0. The molecule has 0 saturated heterocycles. The summed E-state index contributed by atoms with van der Waals surface area (Å²) in [6, 6.07) is 2.00. The van der Waals surface area contributed by atoms with Crippen LogP contribution in [0.1, 0.15) is 19.5 Å². The molecular formula is C12H13BrF3N3O. The molecule has 0 saturated carbocycles. The number of rotatable bonds is 2. The molecule has 0 amide bonds. The molecule has 1 unspecified atom stereocenters. The molecule has 1 aromatic heterocycles. The summed E-state index contributed by atoms with van der Waals surface area (Å²) in [4.78, 5) is 7.57. The molecule has 3 atom stereocenters. The quantitative estimate of drug-likeness (QED) is 0.833. The summed E-state index contributed by atoms with van der Waals surface area (Å²) in [5, 5.41) is 0. The zero-order valence-electron chi connectivity index (χ0n) is 10.8. The minimum atomic E-state index is -2.97. The molecular weight excluding hydrogens is 339 g/mol. The molecule has 1 aromatic rings. The van der Waals surface area contributed by atoms with E-state index in [1.165, 1.54) is 13.0 Å². The van der Waals surface area contributed by atoms with Crippen molar-refractivity contribution >= 4 is 22.0 Å². The lowest BCUT2D eigenvalue weighted by atomic mass is 9.78. The van der Waals surface area contributed by atoms with E-state index < -0.39 is 41.5 Å². The summed E-state index contributed by atoms with van der Waals surface area (Å²) in [5.74, 6) is -1.66. The highest BCUT2D eigenvalue weighted by Gasteiger charge is 2.54. The zero-order chi connectivity index (χ0) is 15.1. The number of pyridine rings is 1. The summed E-state index contributed by atoms with van der Waals surface area (Å²) in [6.45, 7) is 3.09. The third kappa shape index (κ3) is 2.25. The van der Waals surface area contributed by atoms with Gasteiger partial charge in [-0.05, 0) is 35.0 Å². The van der Waals surface area contributed by atoms with Crippen molar-refractivity contribution in [2.24, 2.45) is 16.6 Å². The van der Waals surface area contributed by atoms with Gasteiger partial charge in [-0.1, -0.05) is 6.92 Å². The predicted octanol–water partition coefficient (Wildman–Crippen LogP) is 2.81. The van der Waals surface area contributed by atoms with Crippen molar-refractivity contribution in [1.29, 1.82) is 0 Å². The minimum absolute atomic E-state index is 0.244. The van der Waals surface area contributed by atoms with E-state index in [1.54, 1.807) is 6.92 Å². The van der Waals surface area contributed by atoms with E-state index in [4.69, 9.17) is 10.5 Å². The van der Waals surface area contributed by atoms with Gasteiger partial charge in [0, 0.05) is 5.92 Å². The van der Waals surface area contributed by atoms with Gasteiger partial charge in [-0.15, -0.1) is 0 Å². The average Bonchev–Trinajstić information content (AvgIpc) is 2.36. The van der Waals surface area contributed by atoms with Crippen LogP contribution in [0, 0.1) is 11.7 Å². The van der Waals surface area contributed by atoms with E-state index in [9.17, 15) is 13.2 Å². The Morgan fingerprint density at radius 3 is 2.65 bits per heavy atom. The number of aliphatic imine (C=N–C) groups is 1. The largest absolute Gasteiger partial charge is 0.462 e. The predicted molar refractivity (Wildman–Crippen MR) is 70.9 cm³/mol. The molecule has 0 radical (unpaired) electrons. The van der Waals surface area contributed by atoms with Crippen LogP contribution >= 0.6 is 15.9 Å². The topological polar surface area (TPSA) is 60.5 Å². The Morgan fingerprint density at radius 1 is 1.40 bits per heavy atom. The minimum Gasteiger partial charge on any atom is -0.462 e. The van der Waals surface area contributed by atoms with Crippen LogP contribution in [-0.4, -0.2) is 23.5 Å². The van der Waals surface area contributed by atoms with Crippen molar-refractivity contribution in [2.75, 3.05) is 0 Å². The van der Waals surface area contributed by atoms with Crippen LogP contribution in [0.2, 0.25) is 0 Å². The SMILES string of the molecule is CC1OC(N)=N[C@](c2nc(Br)ccc2F)(C(F)F)[C@@H]1C. The first kappa shape index (κ1) is 15.1. The molecule has 1 aliphatic heterocycles. The Morgan fingerprint density at radius 2 is 2.05 bits per heavy atom. The Bertz CT molecular complexity index is 555. The van der Waals surface area contributed by atoms with Gasteiger partial charge in [0.1, 0.15) is 22.2 Å². The highest BCUT2D eigenvalue weighted by atomic mass is 79.9. The molecule has 20 heavy (non-hydrogen) atoms. The summed E-state index contributed by atoms with van der Waals surface area (Å²) >= 11 is 3.05. The van der Waals surface area contributed by atoms with Crippen molar-refractivity contribution in [3.05, 3.63) is 28.2 Å². The molecule has 4 nitrogen and oxygen atoms in total. The van der Waals surface area contributed by atoms with Gasteiger partial charge in [0.2, 0.25) is 0 Å². The van der Waals surface area contributed by atoms with Crippen LogP contribution in [0.5, 0.6) is 0 Å². The first-order valence-corrected chi connectivity index (χ1v) is 6.71. The highest BCUT2D eigenvalue weighted by Crippen LogP contribution is 2.44. The standard InChI is InChI=1S/C12H13BrF3N3O/c1-5-6(2)20-11(17)19-12(5,10(15)16)9-7(14)3-4-8(13)18-9/h3-6,10H,1-2H3,(H2,17,19)/t5-,6?,12-/m1/s1. The second kappa shape index (κ2) is 5.23. The lowest BCUT2D eigenvalue weighted by Gasteiger charge is -2.40. The number of halogens is 4. The number of aromatic nitrogens is 1. The lowest BCUT2D eigenvalue weighted by Crippen LogP contribution is -2.51. The zero-order valence-corrected chi connectivity index (χ0v) is 12.4. The Hall–Kier alpha value is -1.31. The monoisotopic (exact) mass is 351 g/mol. The Labute approximate surface area is 122 Å². The second-order valence-electron chi connectivity index (χ2n) is 4.65. The molecule has 2 heterocycles. The van der Waals surface area contributed by atoms with Gasteiger partial charge >= 0.3 is 0 Å². The van der Waals surface area contributed by atoms with Gasteiger partial charge in [-0.2, -0.15) is 0 Å². The summed E-state index contributed by atoms with van der Waals surface area (Å²) in [6.07, 6.45) is -3.61. The molecule has 2 rings (SSSR count). The van der Waals surface area contributed by atoms with Gasteiger partial charge in [-0.3, -0.25) is 0 Å². The van der Waals surface area contributed by atoms with Crippen molar-refractivity contribution in [2.45, 2.75) is 31.9 Å². The fraction of sp³-hybridized carbons (Fsp3) is 0.500. The normalized spacial score (nSPS) is 30.1. The number of ether oxygens (including phenoxy) is 1. The van der Waals surface area contributed by atoms with Crippen molar-refractivity contribution in [3.63, 3.8) is 0 Å². The number of amidine groups is 1. The van der Waals surface area contributed by atoms with E-state index >= 15 is 0 Å². The molecule has 1 aliphatic rings. The fourth-order valence-electron chi connectivity index (χ4n) is 2.28. The third-order valence-electron chi connectivity index (χ3n) is 3.52. The first-order chi connectivity index (χ1) is 9.29. The van der Waals surface area contributed by atoms with Crippen LogP contribution in [0.4, 0.5) is 13.2 Å². The maximum absolute atomic E-state index is 14.0. The van der Waals surface area contributed by atoms with Crippen LogP contribution in [0.3, 0.4) is 0 Å². The smallest absolute Gasteiger partial charge is 0.283 e. The lowest BCUT2D eigenvalue weighted by molar-refractivity contribution is -0.0387. The number of hydrogen-bond acceptors (Lipinski definition) is 4. The number of nitrogens with two attached hydrogens (primary N) is 1. The molecule has 0 fully saturated rings. The van der Waals surface area contributed by atoms with E-state index in [0.717, 1.165) is 6.07 Å². The summed E-state index contributed by atoms with van der Waals surface area (Å²) in [7, 11) is 0. The molecule has 2 N–H and O–H groups in total. The van der Waals surface area contributed by atoms with E-state index in [1.807, 2.05) is 0 Å². The fourth-order valence-corrected chi connectivity index (χ4v) is 2.59. The van der Waals surface area contributed by atoms with Crippen LogP contribution in [0.25, 0.3) is 0 Å². The first-order valence-electron chi connectivity index (χ1n) is 5.91. The number of alkyl halides is 2. The molecule has 0 spiro atoms. The molecule has 8 heteroatoms. The number of nitrogens with zero attached hydrogens (tertiary/aromatic N) is 2. The summed E-state index contributed by atoms with van der Waals surface area (Å²) < 4.78 is 46.9. The maximum Gasteiger partial charge on any atom is 0.283 e. The van der Waals surface area contributed by atoms with Gasteiger partial charge in [0.15, 0.2) is 5.54 Å². The van der Waals surface area contributed by atoms with E-state index in [0.29, 0.717) is 0 Å². The van der Waals surface area contributed by atoms with Crippen LogP contribution in [0.15, 0.2) is 21.7 Å². The Kier molecular flexibility index (Phi) is 3.95. The molecule has 0 aromatic carbocycles. The van der Waals surface area contributed by atoms with Gasteiger partial charge < -0.3 is 10.5 Å². The number of hydrogen-bond donors (Lipinski definition) is 1. The average molecular weight is 352 g/mol. The van der Waals surface area contributed by atoms with Gasteiger partial charge in [0.25, 0.3) is 12.4 Å². The van der Waals surface area contributed by atoms with Gasteiger partial charge in [0.05, 0.1) is 0 Å². The molecule has 110 valence electrons. The second-order valence-corrected chi connectivity index (χ2v) is 5.46. The van der Waals surface area contributed by atoms with Crippen LogP contribution in [-0.2, 0) is 10.3 Å². The third-order valence-corrected chi connectivity index (χ3v) is 3.97.